The van der Waals surface area contributed by atoms with Crippen LogP contribution < -0.4 is 4.74 Å². The van der Waals surface area contributed by atoms with E-state index in [0.29, 0.717) is 18.4 Å². The molecular weight excluding hydrogens is 266 g/mol. The van der Waals surface area contributed by atoms with Gasteiger partial charge in [-0.05, 0) is 29.7 Å². The lowest BCUT2D eigenvalue weighted by molar-refractivity contribution is 0.252. The first-order valence-corrected chi connectivity index (χ1v) is 6.81. The molecule has 0 aromatic carbocycles. The molecular formula is C10H12F2N2OS2. The van der Waals surface area contributed by atoms with Gasteiger partial charge in [0.15, 0.2) is 0 Å². The summed E-state index contributed by atoms with van der Waals surface area (Å²) >= 11 is 1.21. The summed E-state index contributed by atoms with van der Waals surface area (Å²) in [6.45, 7) is 2.53. The number of thioether (sulfide) groups is 1. The molecule has 1 aromatic rings. The van der Waals surface area contributed by atoms with Crippen LogP contribution in [-0.2, 0) is 0 Å². The van der Waals surface area contributed by atoms with Gasteiger partial charge in [-0.25, -0.2) is 0 Å². The molecule has 0 radical (unpaired) electrons. The fourth-order valence-electron chi connectivity index (χ4n) is 1.14. The summed E-state index contributed by atoms with van der Waals surface area (Å²) in [6, 6.07) is 1.86. The minimum atomic E-state index is -2.55. The first-order valence-electron chi connectivity index (χ1n) is 5.16. The highest BCUT2D eigenvalue weighted by Gasteiger charge is 2.18. The molecule has 0 atom stereocenters. The molecule has 0 unspecified atom stereocenters. The average molecular weight is 278 g/mol. The van der Waals surface area contributed by atoms with Crippen molar-refractivity contribution in [2.24, 2.45) is 0 Å². The molecule has 0 spiro atoms. The van der Waals surface area contributed by atoms with Crippen LogP contribution in [0.15, 0.2) is 4.21 Å². The Hall–Kier alpha value is -0.870. The minimum absolute atomic E-state index is 0.122. The standard InChI is InChI=1S/C10H12F2N2OS2/c1-2-3-4-5-15-8-7(6-13)9(17-14-8)16-10(11)12/h10H,2-5H2,1H3. The Morgan fingerprint density at radius 2 is 2.29 bits per heavy atom. The molecule has 0 N–H and O–H groups in total. The molecule has 7 heteroatoms. The van der Waals surface area contributed by atoms with Crippen LogP contribution in [-0.4, -0.2) is 16.7 Å². The number of halogens is 2. The van der Waals surface area contributed by atoms with Gasteiger partial charge < -0.3 is 4.74 Å². The van der Waals surface area contributed by atoms with Crippen LogP contribution in [0.2, 0.25) is 0 Å². The van der Waals surface area contributed by atoms with Gasteiger partial charge in [0.2, 0.25) is 5.88 Å². The van der Waals surface area contributed by atoms with Gasteiger partial charge >= 0.3 is 0 Å². The van der Waals surface area contributed by atoms with Crippen LogP contribution in [0, 0.1) is 11.3 Å². The number of hydrogen-bond donors (Lipinski definition) is 0. The van der Waals surface area contributed by atoms with E-state index in [2.05, 4.69) is 11.3 Å². The predicted octanol–water partition coefficient (Wildman–Crippen LogP) is 3.90. The quantitative estimate of drug-likeness (QED) is 0.560. The van der Waals surface area contributed by atoms with Crippen LogP contribution in [0.5, 0.6) is 5.88 Å². The van der Waals surface area contributed by atoms with Gasteiger partial charge in [0.25, 0.3) is 5.76 Å². The van der Waals surface area contributed by atoms with Crippen LogP contribution in [0.4, 0.5) is 8.78 Å². The highest BCUT2D eigenvalue weighted by Crippen LogP contribution is 2.36. The summed E-state index contributed by atoms with van der Waals surface area (Å²) in [7, 11) is 0. The number of rotatable bonds is 7. The lowest BCUT2D eigenvalue weighted by Gasteiger charge is -2.02. The van der Waals surface area contributed by atoms with E-state index in [9.17, 15) is 8.78 Å². The van der Waals surface area contributed by atoms with Gasteiger partial charge in [0.05, 0.1) is 6.61 Å². The zero-order valence-corrected chi connectivity index (χ0v) is 10.9. The lowest BCUT2D eigenvalue weighted by atomic mass is 10.3. The second kappa shape index (κ2) is 7.45. The fourth-order valence-corrected chi connectivity index (χ4v) is 2.58. The number of nitriles is 1. The Kier molecular flexibility index (Phi) is 6.22. The molecule has 0 aliphatic heterocycles. The van der Waals surface area contributed by atoms with Crippen molar-refractivity contribution < 1.29 is 13.5 Å². The monoisotopic (exact) mass is 278 g/mol. The molecule has 1 rings (SSSR count). The van der Waals surface area contributed by atoms with Crippen molar-refractivity contribution in [1.82, 2.24) is 4.37 Å². The number of alkyl halides is 2. The van der Waals surface area contributed by atoms with Gasteiger partial charge in [-0.3, -0.25) is 0 Å². The van der Waals surface area contributed by atoms with Gasteiger partial charge in [-0.1, -0.05) is 19.8 Å². The molecule has 17 heavy (non-hydrogen) atoms. The topological polar surface area (TPSA) is 45.9 Å². The molecule has 0 saturated heterocycles. The van der Waals surface area contributed by atoms with Crippen molar-refractivity contribution in [3.63, 3.8) is 0 Å². The van der Waals surface area contributed by atoms with E-state index in [1.807, 2.05) is 6.07 Å². The zero-order chi connectivity index (χ0) is 12.7. The molecule has 3 nitrogen and oxygen atoms in total. The normalized spacial score (nSPS) is 10.5. The Bertz CT molecular complexity index is 390. The van der Waals surface area contributed by atoms with E-state index in [0.717, 1.165) is 30.8 Å². The van der Waals surface area contributed by atoms with E-state index in [-0.39, 0.29) is 15.7 Å². The van der Waals surface area contributed by atoms with E-state index >= 15 is 0 Å². The predicted molar refractivity (Wildman–Crippen MR) is 63.7 cm³/mol. The summed E-state index contributed by atoms with van der Waals surface area (Å²) < 4.78 is 33.8. The third-order valence-corrected chi connectivity index (χ3v) is 3.66. The Morgan fingerprint density at radius 1 is 1.53 bits per heavy atom. The zero-order valence-electron chi connectivity index (χ0n) is 9.28. The van der Waals surface area contributed by atoms with Crippen molar-refractivity contribution in [2.45, 2.75) is 36.2 Å². The van der Waals surface area contributed by atoms with Gasteiger partial charge in [-0.2, -0.15) is 18.4 Å². The minimum Gasteiger partial charge on any atom is -0.476 e. The van der Waals surface area contributed by atoms with Crippen LogP contribution >= 0.6 is 23.3 Å². The summed E-state index contributed by atoms with van der Waals surface area (Å²) in [5.41, 5.74) is 0.122. The average Bonchev–Trinajstić information content (AvgIpc) is 2.66. The van der Waals surface area contributed by atoms with Crippen molar-refractivity contribution in [1.29, 1.82) is 5.26 Å². The lowest BCUT2D eigenvalue weighted by Crippen LogP contribution is -1.98. The smallest absolute Gasteiger partial charge is 0.289 e. The third kappa shape index (κ3) is 4.48. The van der Waals surface area contributed by atoms with E-state index in [1.54, 1.807) is 0 Å². The molecule has 0 aliphatic carbocycles. The van der Waals surface area contributed by atoms with Gasteiger partial charge in [0, 0.05) is 0 Å². The second-order valence-corrected chi connectivity index (χ2v) is 5.23. The summed E-state index contributed by atoms with van der Waals surface area (Å²) in [6.07, 6.45) is 2.97. The van der Waals surface area contributed by atoms with Crippen LogP contribution in [0.25, 0.3) is 0 Å². The molecule has 94 valence electrons. The number of nitrogens with zero attached hydrogens (tertiary/aromatic N) is 2. The SMILES string of the molecule is CCCCCOc1nsc(SC(F)F)c1C#N. The summed E-state index contributed by atoms with van der Waals surface area (Å²) in [4.78, 5) is 0. The van der Waals surface area contributed by atoms with Gasteiger partial charge in [-0.15, -0.1) is 0 Å². The molecule has 0 fully saturated rings. The molecule has 0 saturated carbocycles. The maximum Gasteiger partial charge on any atom is 0.289 e. The van der Waals surface area contributed by atoms with Crippen molar-refractivity contribution in [3.05, 3.63) is 5.56 Å². The largest absolute Gasteiger partial charge is 0.476 e. The molecule has 1 heterocycles. The molecule has 0 amide bonds. The Balaban J connectivity index is 2.60. The Labute approximate surface area is 107 Å². The van der Waals surface area contributed by atoms with E-state index in [4.69, 9.17) is 10.00 Å². The first-order chi connectivity index (χ1) is 8.19. The summed E-state index contributed by atoms with van der Waals surface area (Å²) in [5, 5.41) is 8.88. The molecule has 0 aliphatic rings. The number of unbranched alkanes of at least 4 members (excludes halogenated alkanes) is 2. The van der Waals surface area contributed by atoms with E-state index < -0.39 is 5.76 Å². The van der Waals surface area contributed by atoms with Crippen molar-refractivity contribution >= 4 is 23.3 Å². The third-order valence-electron chi connectivity index (χ3n) is 1.92. The van der Waals surface area contributed by atoms with Crippen molar-refractivity contribution in [3.8, 4) is 11.9 Å². The molecule has 0 bridgehead atoms. The van der Waals surface area contributed by atoms with Gasteiger partial charge in [0.1, 0.15) is 15.8 Å². The summed E-state index contributed by atoms with van der Waals surface area (Å²) in [5.74, 6) is -2.37. The maximum absolute atomic E-state index is 12.2. The number of aromatic nitrogens is 1. The maximum atomic E-state index is 12.2. The molecule has 1 aromatic heterocycles. The van der Waals surface area contributed by atoms with Crippen molar-refractivity contribution in [2.75, 3.05) is 6.61 Å². The van der Waals surface area contributed by atoms with E-state index in [1.165, 1.54) is 0 Å². The number of hydrogen-bond acceptors (Lipinski definition) is 5. The van der Waals surface area contributed by atoms with Crippen LogP contribution in [0.3, 0.4) is 0 Å². The first kappa shape index (κ1) is 14.2. The Morgan fingerprint density at radius 3 is 2.88 bits per heavy atom. The second-order valence-electron chi connectivity index (χ2n) is 3.20. The number of ether oxygens (including phenoxy) is 1. The fraction of sp³-hybridized carbons (Fsp3) is 0.600. The van der Waals surface area contributed by atoms with Crippen LogP contribution in [0.1, 0.15) is 31.7 Å². The highest BCUT2D eigenvalue weighted by atomic mass is 32.2. The highest BCUT2D eigenvalue weighted by molar-refractivity contribution is 8.01.